The van der Waals surface area contributed by atoms with E-state index in [-0.39, 0.29) is 36.7 Å². The molecule has 11 nitrogen and oxygen atoms in total. The molecule has 5 atom stereocenters. The summed E-state index contributed by atoms with van der Waals surface area (Å²) in [4.78, 5) is 22.5. The van der Waals surface area contributed by atoms with Gasteiger partial charge in [-0.15, -0.1) is 0 Å². The first-order valence-electron chi connectivity index (χ1n) is 13.8. The summed E-state index contributed by atoms with van der Waals surface area (Å²) in [5.74, 6) is 0.471. The lowest BCUT2D eigenvalue weighted by Gasteiger charge is -2.24. The molecule has 220 valence electrons. The second-order valence-electron chi connectivity index (χ2n) is 11.6. The minimum atomic E-state index is -0.806. The normalized spacial score (nSPS) is 27.1. The zero-order valence-electron chi connectivity index (χ0n) is 23.5. The summed E-state index contributed by atoms with van der Waals surface area (Å²) in [7, 11) is 1.66. The molecule has 4 aromatic rings. The molecule has 0 radical (unpaired) electrons. The van der Waals surface area contributed by atoms with Crippen molar-refractivity contribution in [1.29, 1.82) is 0 Å². The topological polar surface area (TPSA) is 126 Å². The van der Waals surface area contributed by atoms with Gasteiger partial charge in [0.15, 0.2) is 17.2 Å². The Balaban J connectivity index is 1.18. The number of halogens is 2. The maximum atomic E-state index is 13.1. The maximum Gasteiger partial charge on any atom is 0.229 e. The van der Waals surface area contributed by atoms with Crippen LogP contribution in [-0.4, -0.2) is 50.6 Å². The third-order valence-corrected chi connectivity index (χ3v) is 8.88. The number of rotatable bonds is 8. The molecule has 2 N–H and O–H groups in total. The third-order valence-electron chi connectivity index (χ3n) is 8.45. The third kappa shape index (κ3) is 4.41. The number of aryl methyl sites for hydroxylation is 1. The van der Waals surface area contributed by atoms with Crippen molar-refractivity contribution in [3.05, 3.63) is 63.9 Å². The Bertz CT molecular complexity index is 1700. The Morgan fingerprint density at radius 1 is 1.21 bits per heavy atom. The standard InChI is InChI=1S/C29H30Cl2N6O5/c1-14-7-17(42-36-14)12-39-20-6-5-16(30)8-15(20)11-33-19-9-21(31)35-26-22(19)34-13-37(26)23-18-10-29(18,27(38)32-4)25-24(23)40-28(2,3)41-25/h5-9,13,18,23-25H,10-12H2,1-4H3,(H,32,38)(H,33,35)/t18-,23-,24+,25+,29+/m1/s1. The summed E-state index contributed by atoms with van der Waals surface area (Å²) in [5, 5.41) is 11.1. The SMILES string of the molecule is CNC(=O)[C@@]12C[C@@H]1[C@@H](n1cnc3c(NCc4cc(Cl)ccc4OCc4cc(C)no4)cc(Cl)nc31)[C@@H]1OC(C)(C)O[C@@H]12. The Kier molecular flexibility index (Phi) is 6.43. The summed E-state index contributed by atoms with van der Waals surface area (Å²) in [6.45, 7) is 6.23. The number of nitrogens with zero attached hydrogens (tertiary/aromatic N) is 4. The van der Waals surface area contributed by atoms with E-state index in [0.717, 1.165) is 11.3 Å². The molecule has 2 saturated carbocycles. The van der Waals surface area contributed by atoms with Gasteiger partial charge < -0.3 is 33.9 Å². The van der Waals surface area contributed by atoms with E-state index in [4.69, 9.17) is 46.9 Å². The molecule has 0 bridgehead atoms. The molecule has 0 spiro atoms. The van der Waals surface area contributed by atoms with E-state index in [1.165, 1.54) is 0 Å². The van der Waals surface area contributed by atoms with Crippen LogP contribution in [0.2, 0.25) is 10.2 Å². The quantitative estimate of drug-likeness (QED) is 0.263. The first-order chi connectivity index (χ1) is 20.1. The number of hydrogen-bond acceptors (Lipinski definition) is 9. The number of benzene rings is 1. The first-order valence-corrected chi connectivity index (χ1v) is 14.5. The second kappa shape index (κ2) is 9.84. The monoisotopic (exact) mass is 612 g/mol. The number of aromatic nitrogens is 4. The van der Waals surface area contributed by atoms with Crippen molar-refractivity contribution in [1.82, 2.24) is 25.0 Å². The molecule has 3 aromatic heterocycles. The fraction of sp³-hybridized carbons (Fsp3) is 0.448. The van der Waals surface area contributed by atoms with E-state index < -0.39 is 11.2 Å². The van der Waals surface area contributed by atoms with E-state index in [9.17, 15) is 4.79 Å². The molecule has 2 aliphatic carbocycles. The van der Waals surface area contributed by atoms with Crippen molar-refractivity contribution >= 4 is 46.0 Å². The van der Waals surface area contributed by atoms with Gasteiger partial charge in [-0.25, -0.2) is 9.97 Å². The number of carbonyl (C=O) groups excluding carboxylic acids is 1. The van der Waals surface area contributed by atoms with Crippen LogP contribution >= 0.6 is 23.2 Å². The van der Waals surface area contributed by atoms with Crippen LogP contribution in [0.4, 0.5) is 5.69 Å². The highest BCUT2D eigenvalue weighted by Gasteiger charge is 2.79. The molecule has 7 rings (SSSR count). The molecular weight excluding hydrogens is 583 g/mol. The highest BCUT2D eigenvalue weighted by molar-refractivity contribution is 6.30. The summed E-state index contributed by atoms with van der Waals surface area (Å²) in [6, 6.07) is 8.82. The number of ether oxygens (including phenoxy) is 3. The van der Waals surface area contributed by atoms with Crippen molar-refractivity contribution in [2.24, 2.45) is 11.3 Å². The summed E-state index contributed by atoms with van der Waals surface area (Å²) in [6.07, 6.45) is 1.76. The van der Waals surface area contributed by atoms with Gasteiger partial charge in [-0.2, -0.15) is 0 Å². The van der Waals surface area contributed by atoms with Gasteiger partial charge in [0.05, 0.1) is 29.2 Å². The fourth-order valence-electron chi connectivity index (χ4n) is 6.68. The molecule has 1 aromatic carbocycles. The molecule has 13 heteroatoms. The molecule has 4 heterocycles. The highest BCUT2D eigenvalue weighted by Crippen LogP contribution is 2.71. The van der Waals surface area contributed by atoms with Gasteiger partial charge in [0.25, 0.3) is 0 Å². The van der Waals surface area contributed by atoms with Crippen LogP contribution in [0.3, 0.4) is 0 Å². The maximum absolute atomic E-state index is 13.1. The van der Waals surface area contributed by atoms with Gasteiger partial charge in [-0.1, -0.05) is 28.4 Å². The number of imidazole rings is 1. The molecule has 3 fully saturated rings. The number of carbonyl (C=O) groups is 1. The second-order valence-corrected chi connectivity index (χ2v) is 12.4. The van der Waals surface area contributed by atoms with Crippen LogP contribution in [0.25, 0.3) is 11.2 Å². The van der Waals surface area contributed by atoms with Crippen LogP contribution in [-0.2, 0) is 27.4 Å². The number of fused-ring (bicyclic) bond motifs is 4. The summed E-state index contributed by atoms with van der Waals surface area (Å²) in [5.41, 5.74) is 2.94. The Labute approximate surface area is 251 Å². The Morgan fingerprint density at radius 2 is 2.05 bits per heavy atom. The average molecular weight is 614 g/mol. The number of nitrogens with one attached hydrogen (secondary N) is 2. The summed E-state index contributed by atoms with van der Waals surface area (Å²) >= 11 is 12.9. The van der Waals surface area contributed by atoms with Crippen LogP contribution in [0.15, 0.2) is 41.2 Å². The zero-order valence-corrected chi connectivity index (χ0v) is 25.0. The lowest BCUT2D eigenvalue weighted by atomic mass is 9.98. The lowest BCUT2D eigenvalue weighted by molar-refractivity contribution is -0.164. The number of pyridine rings is 1. The van der Waals surface area contributed by atoms with E-state index in [2.05, 4.69) is 20.8 Å². The molecular formula is C29H30Cl2N6O5. The van der Waals surface area contributed by atoms with Gasteiger partial charge in [0.2, 0.25) is 5.91 Å². The van der Waals surface area contributed by atoms with E-state index in [0.29, 0.717) is 51.5 Å². The van der Waals surface area contributed by atoms with Gasteiger partial charge in [0.1, 0.15) is 35.2 Å². The molecule has 1 saturated heterocycles. The minimum Gasteiger partial charge on any atom is -0.485 e. The molecule has 0 unspecified atom stereocenters. The number of amides is 1. The van der Waals surface area contributed by atoms with Crippen LogP contribution in [0, 0.1) is 18.3 Å². The van der Waals surface area contributed by atoms with Crippen LogP contribution < -0.4 is 15.4 Å². The highest BCUT2D eigenvalue weighted by atomic mass is 35.5. The minimum absolute atomic E-state index is 0.0254. The van der Waals surface area contributed by atoms with Gasteiger partial charge in [-0.05, 0) is 45.4 Å². The number of hydrogen-bond donors (Lipinski definition) is 2. The first kappa shape index (κ1) is 27.5. The van der Waals surface area contributed by atoms with E-state index >= 15 is 0 Å². The molecule has 42 heavy (non-hydrogen) atoms. The van der Waals surface area contributed by atoms with Crippen LogP contribution in [0.5, 0.6) is 5.75 Å². The van der Waals surface area contributed by atoms with Crippen molar-refractivity contribution in [3.8, 4) is 5.75 Å². The molecule has 3 aliphatic rings. The predicted octanol–water partition coefficient (Wildman–Crippen LogP) is 5.05. The van der Waals surface area contributed by atoms with Crippen LogP contribution in [0.1, 0.15) is 43.3 Å². The van der Waals surface area contributed by atoms with Crippen molar-refractivity contribution in [2.75, 3.05) is 12.4 Å². The smallest absolute Gasteiger partial charge is 0.229 e. The zero-order chi connectivity index (χ0) is 29.4. The molecule has 1 amide bonds. The van der Waals surface area contributed by atoms with Gasteiger partial charge >= 0.3 is 0 Å². The number of anilines is 1. The Hall–Kier alpha value is -3.38. The van der Waals surface area contributed by atoms with Crippen molar-refractivity contribution in [3.63, 3.8) is 0 Å². The van der Waals surface area contributed by atoms with Gasteiger partial charge in [0, 0.05) is 42.2 Å². The van der Waals surface area contributed by atoms with E-state index in [1.54, 1.807) is 25.5 Å². The summed E-state index contributed by atoms with van der Waals surface area (Å²) < 4.78 is 25.9. The van der Waals surface area contributed by atoms with Crippen molar-refractivity contribution in [2.45, 2.75) is 64.4 Å². The van der Waals surface area contributed by atoms with E-state index in [1.807, 2.05) is 43.5 Å². The predicted molar refractivity (Wildman–Crippen MR) is 154 cm³/mol. The Morgan fingerprint density at radius 3 is 2.81 bits per heavy atom. The molecule has 1 aliphatic heterocycles. The van der Waals surface area contributed by atoms with Crippen molar-refractivity contribution < 1.29 is 23.5 Å². The van der Waals surface area contributed by atoms with Gasteiger partial charge in [-0.3, -0.25) is 4.79 Å². The largest absolute Gasteiger partial charge is 0.485 e. The fourth-order valence-corrected chi connectivity index (χ4v) is 7.06. The average Bonchev–Trinajstić information content (AvgIpc) is 3.20. The lowest BCUT2D eigenvalue weighted by Crippen LogP contribution is -2.40.